The monoisotopic (exact) mass is 287 g/mol. The standard InChI is InChI=1S/C16H21N3O2/c1-18(10-4-9-17)16(20)8-12-19-11-5-13-21-15-7-3-2-6-14(15)19/h2-3,6-7H,4-5,8,10-13H2,1H3. The summed E-state index contributed by atoms with van der Waals surface area (Å²) in [5, 5.41) is 8.56. The molecule has 1 heterocycles. The quantitative estimate of drug-likeness (QED) is 0.831. The van der Waals surface area contributed by atoms with E-state index in [0.29, 0.717) is 32.5 Å². The Morgan fingerprint density at radius 3 is 3.10 bits per heavy atom. The van der Waals surface area contributed by atoms with Gasteiger partial charge in [-0.2, -0.15) is 5.26 Å². The molecule has 0 saturated carbocycles. The van der Waals surface area contributed by atoms with Crippen LogP contribution in [0.3, 0.4) is 0 Å². The van der Waals surface area contributed by atoms with Crippen molar-refractivity contribution in [3.05, 3.63) is 24.3 Å². The minimum atomic E-state index is 0.0768. The highest BCUT2D eigenvalue weighted by Crippen LogP contribution is 2.30. The molecule has 5 heteroatoms. The van der Waals surface area contributed by atoms with Gasteiger partial charge in [0, 0.05) is 33.1 Å². The van der Waals surface area contributed by atoms with Gasteiger partial charge in [-0.05, 0) is 18.6 Å². The second kappa shape index (κ2) is 7.53. The van der Waals surface area contributed by atoms with Crippen molar-refractivity contribution in [3.8, 4) is 11.8 Å². The Kier molecular flexibility index (Phi) is 5.44. The number of amides is 1. The maximum Gasteiger partial charge on any atom is 0.224 e. The Balaban J connectivity index is 1.94. The normalized spacial score (nSPS) is 13.6. The predicted octanol–water partition coefficient (Wildman–Crippen LogP) is 2.04. The Labute approximate surface area is 125 Å². The molecule has 0 atom stereocenters. The third-order valence-electron chi connectivity index (χ3n) is 3.62. The van der Waals surface area contributed by atoms with E-state index >= 15 is 0 Å². The first-order valence-electron chi connectivity index (χ1n) is 7.30. The molecule has 0 unspecified atom stereocenters. The molecule has 1 amide bonds. The molecule has 1 aliphatic rings. The molecule has 0 radical (unpaired) electrons. The molecule has 2 rings (SSSR count). The van der Waals surface area contributed by atoms with Crippen LogP contribution in [0.25, 0.3) is 0 Å². The Morgan fingerprint density at radius 2 is 2.29 bits per heavy atom. The van der Waals surface area contributed by atoms with Crippen LogP contribution in [0.4, 0.5) is 5.69 Å². The SMILES string of the molecule is CN(CCC#N)C(=O)CCN1CCCOc2ccccc21. The largest absolute Gasteiger partial charge is 0.491 e. The Morgan fingerprint density at radius 1 is 1.48 bits per heavy atom. The average Bonchev–Trinajstić information content (AvgIpc) is 2.72. The van der Waals surface area contributed by atoms with Crippen LogP contribution in [0.1, 0.15) is 19.3 Å². The number of anilines is 1. The topological polar surface area (TPSA) is 56.6 Å². The van der Waals surface area contributed by atoms with Gasteiger partial charge in [0.05, 0.1) is 24.8 Å². The van der Waals surface area contributed by atoms with Crippen LogP contribution in [0.2, 0.25) is 0 Å². The van der Waals surface area contributed by atoms with Gasteiger partial charge >= 0.3 is 0 Å². The zero-order chi connectivity index (χ0) is 15.1. The zero-order valence-corrected chi connectivity index (χ0v) is 12.4. The van der Waals surface area contributed by atoms with Crippen LogP contribution in [-0.2, 0) is 4.79 Å². The summed E-state index contributed by atoms with van der Waals surface area (Å²) < 4.78 is 5.71. The van der Waals surface area contributed by atoms with E-state index in [4.69, 9.17) is 10.00 Å². The molecule has 1 aromatic rings. The van der Waals surface area contributed by atoms with E-state index in [-0.39, 0.29) is 5.91 Å². The number of hydrogen-bond acceptors (Lipinski definition) is 4. The van der Waals surface area contributed by atoms with Crippen molar-refractivity contribution in [2.24, 2.45) is 0 Å². The molecular weight excluding hydrogens is 266 g/mol. The predicted molar refractivity (Wildman–Crippen MR) is 81.3 cm³/mol. The molecule has 0 fully saturated rings. The lowest BCUT2D eigenvalue weighted by atomic mass is 10.2. The number of carbonyl (C=O) groups excluding carboxylic acids is 1. The van der Waals surface area contributed by atoms with Crippen molar-refractivity contribution in [2.75, 3.05) is 38.2 Å². The Hall–Kier alpha value is -2.22. The van der Waals surface area contributed by atoms with Crippen molar-refractivity contribution in [1.82, 2.24) is 4.90 Å². The highest BCUT2D eigenvalue weighted by molar-refractivity contribution is 5.76. The minimum absolute atomic E-state index is 0.0768. The van der Waals surface area contributed by atoms with Gasteiger partial charge in [0.1, 0.15) is 5.75 Å². The zero-order valence-electron chi connectivity index (χ0n) is 12.4. The molecule has 21 heavy (non-hydrogen) atoms. The fraction of sp³-hybridized carbons (Fsp3) is 0.500. The highest BCUT2D eigenvalue weighted by atomic mass is 16.5. The summed E-state index contributed by atoms with van der Waals surface area (Å²) in [7, 11) is 1.75. The Bertz CT molecular complexity index is 524. The van der Waals surface area contributed by atoms with E-state index in [0.717, 1.165) is 24.4 Å². The molecule has 112 valence electrons. The van der Waals surface area contributed by atoms with Crippen LogP contribution < -0.4 is 9.64 Å². The van der Waals surface area contributed by atoms with E-state index in [1.54, 1.807) is 11.9 Å². The van der Waals surface area contributed by atoms with Crippen molar-refractivity contribution < 1.29 is 9.53 Å². The summed E-state index contributed by atoms with van der Waals surface area (Å²) in [6.45, 7) is 2.78. The number of benzene rings is 1. The molecule has 5 nitrogen and oxygen atoms in total. The maximum absolute atomic E-state index is 12.0. The van der Waals surface area contributed by atoms with Gasteiger partial charge in [-0.1, -0.05) is 12.1 Å². The fourth-order valence-corrected chi connectivity index (χ4v) is 2.39. The molecule has 0 spiro atoms. The van der Waals surface area contributed by atoms with Crippen LogP contribution in [0.15, 0.2) is 24.3 Å². The number of fused-ring (bicyclic) bond motifs is 1. The van der Waals surface area contributed by atoms with Gasteiger partial charge in [-0.15, -0.1) is 0 Å². The molecule has 0 aromatic heterocycles. The van der Waals surface area contributed by atoms with Gasteiger partial charge in [0.2, 0.25) is 5.91 Å². The summed E-state index contributed by atoms with van der Waals surface area (Å²) in [4.78, 5) is 15.9. The van der Waals surface area contributed by atoms with Gasteiger partial charge in [-0.3, -0.25) is 4.79 Å². The third kappa shape index (κ3) is 4.12. The summed E-state index contributed by atoms with van der Waals surface area (Å²) in [6.07, 6.45) is 1.78. The summed E-state index contributed by atoms with van der Waals surface area (Å²) >= 11 is 0. The number of hydrogen-bond donors (Lipinski definition) is 0. The van der Waals surface area contributed by atoms with Crippen molar-refractivity contribution >= 4 is 11.6 Å². The van der Waals surface area contributed by atoms with Gasteiger partial charge < -0.3 is 14.5 Å². The lowest BCUT2D eigenvalue weighted by Crippen LogP contribution is -2.33. The minimum Gasteiger partial charge on any atom is -0.491 e. The number of ether oxygens (including phenoxy) is 1. The first-order chi connectivity index (χ1) is 10.2. The average molecular weight is 287 g/mol. The number of nitrogens with zero attached hydrogens (tertiary/aromatic N) is 3. The van der Waals surface area contributed by atoms with Crippen molar-refractivity contribution in [3.63, 3.8) is 0 Å². The number of rotatable bonds is 5. The van der Waals surface area contributed by atoms with Crippen molar-refractivity contribution in [1.29, 1.82) is 5.26 Å². The summed E-state index contributed by atoms with van der Waals surface area (Å²) in [5.41, 5.74) is 1.06. The second-order valence-electron chi connectivity index (χ2n) is 5.13. The maximum atomic E-state index is 12.0. The lowest BCUT2D eigenvalue weighted by molar-refractivity contribution is -0.129. The fourth-order valence-electron chi connectivity index (χ4n) is 2.39. The van der Waals surface area contributed by atoms with Gasteiger partial charge in [0.15, 0.2) is 0 Å². The lowest BCUT2D eigenvalue weighted by Gasteiger charge is -2.24. The van der Waals surface area contributed by atoms with Crippen molar-refractivity contribution in [2.45, 2.75) is 19.3 Å². The first-order valence-corrected chi connectivity index (χ1v) is 7.30. The van der Waals surface area contributed by atoms with Crippen LogP contribution >= 0.6 is 0 Å². The number of para-hydroxylation sites is 2. The number of nitriles is 1. The van der Waals surface area contributed by atoms with Gasteiger partial charge in [-0.25, -0.2) is 0 Å². The van der Waals surface area contributed by atoms with E-state index in [1.807, 2.05) is 24.3 Å². The smallest absolute Gasteiger partial charge is 0.224 e. The van der Waals surface area contributed by atoms with Crippen LogP contribution in [0.5, 0.6) is 5.75 Å². The molecule has 0 saturated heterocycles. The summed E-state index contributed by atoms with van der Waals surface area (Å²) in [6, 6.07) is 10.0. The van der Waals surface area contributed by atoms with E-state index < -0.39 is 0 Å². The molecule has 1 aromatic carbocycles. The molecule has 1 aliphatic heterocycles. The van der Waals surface area contributed by atoms with Crippen LogP contribution in [0, 0.1) is 11.3 Å². The highest BCUT2D eigenvalue weighted by Gasteiger charge is 2.17. The van der Waals surface area contributed by atoms with Gasteiger partial charge in [0.25, 0.3) is 0 Å². The third-order valence-corrected chi connectivity index (χ3v) is 3.62. The molecule has 0 N–H and O–H groups in total. The molecular formula is C16H21N3O2. The second-order valence-corrected chi connectivity index (χ2v) is 5.13. The first kappa shape index (κ1) is 15.2. The number of carbonyl (C=O) groups is 1. The van der Waals surface area contributed by atoms with E-state index in [1.165, 1.54) is 0 Å². The molecule has 0 bridgehead atoms. The van der Waals surface area contributed by atoms with Crippen LogP contribution in [-0.4, -0.2) is 44.1 Å². The molecule has 0 aliphatic carbocycles. The summed E-state index contributed by atoms with van der Waals surface area (Å²) in [5.74, 6) is 0.966. The van der Waals surface area contributed by atoms with E-state index in [2.05, 4.69) is 11.0 Å². The van der Waals surface area contributed by atoms with E-state index in [9.17, 15) is 4.79 Å².